The molecule has 2 aromatic rings. The van der Waals surface area contributed by atoms with E-state index in [0.29, 0.717) is 16.9 Å². The van der Waals surface area contributed by atoms with Crippen molar-refractivity contribution < 1.29 is 13.2 Å². The molecule has 1 aromatic carbocycles. The minimum Gasteiger partial charge on any atom is -0.278 e. The number of hydrogen-bond donors (Lipinski definition) is 1. The van der Waals surface area contributed by atoms with Gasteiger partial charge in [-0.1, -0.05) is 23.2 Å². The molecule has 1 N–H and O–H groups in total. The number of alkyl halides is 3. The quantitative estimate of drug-likeness (QED) is 0.643. The summed E-state index contributed by atoms with van der Waals surface area (Å²) in [5, 5.41) is 4.30. The van der Waals surface area contributed by atoms with Crippen LogP contribution in [-0.4, -0.2) is 11.2 Å². The standard InChI is InChI=1S/C13H8Cl2F3N3/c14-9-1-3-10(4-2-9)21-20-7-12-11(15)5-8(6-19-12)13(16,17)18/h1-7,21H/b20-7+. The highest BCUT2D eigenvalue weighted by molar-refractivity contribution is 6.32. The van der Waals surface area contributed by atoms with Crippen molar-refractivity contribution in [3.8, 4) is 0 Å². The summed E-state index contributed by atoms with van der Waals surface area (Å²) in [6.07, 6.45) is -2.54. The van der Waals surface area contributed by atoms with Gasteiger partial charge in [0.15, 0.2) is 0 Å². The molecular weight excluding hydrogens is 326 g/mol. The molecule has 0 fully saturated rings. The van der Waals surface area contributed by atoms with Gasteiger partial charge in [-0.05, 0) is 30.3 Å². The zero-order valence-electron chi connectivity index (χ0n) is 10.3. The van der Waals surface area contributed by atoms with Crippen LogP contribution in [0, 0.1) is 0 Å². The van der Waals surface area contributed by atoms with E-state index in [1.54, 1.807) is 24.3 Å². The number of rotatable bonds is 3. The predicted octanol–water partition coefficient (Wildman–Crippen LogP) is 4.85. The molecule has 0 saturated heterocycles. The van der Waals surface area contributed by atoms with Gasteiger partial charge in [-0.25, -0.2) is 0 Å². The Balaban J connectivity index is 2.09. The van der Waals surface area contributed by atoms with Gasteiger partial charge in [0, 0.05) is 11.2 Å². The molecule has 1 heterocycles. The minimum absolute atomic E-state index is 0.131. The number of halogens is 5. The van der Waals surface area contributed by atoms with E-state index >= 15 is 0 Å². The van der Waals surface area contributed by atoms with Crippen LogP contribution in [0.1, 0.15) is 11.3 Å². The highest BCUT2D eigenvalue weighted by Gasteiger charge is 2.31. The summed E-state index contributed by atoms with van der Waals surface area (Å²) in [6.45, 7) is 0. The van der Waals surface area contributed by atoms with Crippen LogP contribution in [0.3, 0.4) is 0 Å². The van der Waals surface area contributed by atoms with Crippen LogP contribution < -0.4 is 5.43 Å². The van der Waals surface area contributed by atoms with Gasteiger partial charge in [-0.3, -0.25) is 10.4 Å². The lowest BCUT2D eigenvalue weighted by atomic mass is 10.2. The largest absolute Gasteiger partial charge is 0.417 e. The van der Waals surface area contributed by atoms with E-state index in [4.69, 9.17) is 23.2 Å². The van der Waals surface area contributed by atoms with Gasteiger partial charge in [0.05, 0.1) is 22.5 Å². The summed E-state index contributed by atoms with van der Waals surface area (Å²) < 4.78 is 37.4. The fraction of sp³-hybridized carbons (Fsp3) is 0.0769. The summed E-state index contributed by atoms with van der Waals surface area (Å²) >= 11 is 11.5. The molecule has 0 unspecified atom stereocenters. The molecule has 0 amide bonds. The Kier molecular flexibility index (Phi) is 4.69. The lowest BCUT2D eigenvalue weighted by Crippen LogP contribution is -2.06. The van der Waals surface area contributed by atoms with Crippen molar-refractivity contribution in [1.82, 2.24) is 4.98 Å². The second kappa shape index (κ2) is 6.32. The van der Waals surface area contributed by atoms with Crippen molar-refractivity contribution in [2.24, 2.45) is 5.10 Å². The third kappa shape index (κ3) is 4.34. The van der Waals surface area contributed by atoms with E-state index in [1.165, 1.54) is 6.21 Å². The fourth-order valence-electron chi connectivity index (χ4n) is 1.39. The zero-order chi connectivity index (χ0) is 15.5. The monoisotopic (exact) mass is 333 g/mol. The Morgan fingerprint density at radius 3 is 2.38 bits per heavy atom. The van der Waals surface area contributed by atoms with Gasteiger partial charge in [0.1, 0.15) is 5.69 Å². The van der Waals surface area contributed by atoms with Crippen LogP contribution in [0.15, 0.2) is 41.6 Å². The van der Waals surface area contributed by atoms with Gasteiger partial charge in [-0.2, -0.15) is 18.3 Å². The van der Waals surface area contributed by atoms with Crippen LogP contribution in [0.5, 0.6) is 0 Å². The van der Waals surface area contributed by atoms with Crippen LogP contribution in [0.2, 0.25) is 10.0 Å². The molecule has 21 heavy (non-hydrogen) atoms. The Bertz CT molecular complexity index is 655. The first-order valence-corrected chi connectivity index (χ1v) is 6.39. The van der Waals surface area contributed by atoms with Gasteiger partial charge in [0.2, 0.25) is 0 Å². The number of hydrogen-bond acceptors (Lipinski definition) is 3. The number of aromatic nitrogens is 1. The SMILES string of the molecule is FC(F)(F)c1cnc(/C=N/Nc2ccc(Cl)cc2)c(Cl)c1. The second-order valence-corrected chi connectivity index (χ2v) is 4.81. The first-order valence-electron chi connectivity index (χ1n) is 5.63. The maximum atomic E-state index is 12.5. The summed E-state index contributed by atoms with van der Waals surface area (Å²) in [6, 6.07) is 7.53. The van der Waals surface area contributed by atoms with Gasteiger partial charge in [-0.15, -0.1) is 0 Å². The summed E-state index contributed by atoms with van der Waals surface area (Å²) in [4.78, 5) is 3.63. The molecule has 2 rings (SSSR count). The smallest absolute Gasteiger partial charge is 0.278 e. The molecule has 0 aliphatic heterocycles. The van der Waals surface area contributed by atoms with E-state index in [-0.39, 0.29) is 10.7 Å². The molecule has 0 aliphatic rings. The Hall–Kier alpha value is -1.79. The van der Waals surface area contributed by atoms with Gasteiger partial charge in [0.25, 0.3) is 0 Å². The highest BCUT2D eigenvalue weighted by Crippen LogP contribution is 2.30. The molecule has 0 spiro atoms. The van der Waals surface area contributed by atoms with Crippen LogP contribution in [0.4, 0.5) is 18.9 Å². The Morgan fingerprint density at radius 2 is 1.81 bits per heavy atom. The van der Waals surface area contributed by atoms with Crippen molar-refractivity contribution in [1.29, 1.82) is 0 Å². The van der Waals surface area contributed by atoms with E-state index < -0.39 is 11.7 Å². The van der Waals surface area contributed by atoms with Crippen molar-refractivity contribution in [2.75, 3.05) is 5.43 Å². The molecule has 1 aromatic heterocycles. The second-order valence-electron chi connectivity index (χ2n) is 3.97. The van der Waals surface area contributed by atoms with Crippen molar-refractivity contribution in [3.63, 3.8) is 0 Å². The van der Waals surface area contributed by atoms with Crippen LogP contribution in [-0.2, 0) is 6.18 Å². The zero-order valence-corrected chi connectivity index (χ0v) is 11.8. The van der Waals surface area contributed by atoms with E-state index in [2.05, 4.69) is 15.5 Å². The predicted molar refractivity (Wildman–Crippen MR) is 76.9 cm³/mol. The average molecular weight is 334 g/mol. The van der Waals surface area contributed by atoms with Crippen LogP contribution in [0.25, 0.3) is 0 Å². The highest BCUT2D eigenvalue weighted by atomic mass is 35.5. The average Bonchev–Trinajstić information content (AvgIpc) is 2.41. The maximum Gasteiger partial charge on any atom is 0.417 e. The van der Waals surface area contributed by atoms with Crippen LogP contribution >= 0.6 is 23.2 Å². The summed E-state index contributed by atoms with van der Waals surface area (Å²) in [5.74, 6) is 0. The number of nitrogens with zero attached hydrogens (tertiary/aromatic N) is 2. The van der Waals surface area contributed by atoms with E-state index in [1.807, 2.05) is 0 Å². The topological polar surface area (TPSA) is 37.3 Å². The minimum atomic E-state index is -4.48. The summed E-state index contributed by atoms with van der Waals surface area (Å²) in [5.41, 5.74) is 2.57. The van der Waals surface area contributed by atoms with E-state index in [9.17, 15) is 13.2 Å². The third-order valence-electron chi connectivity index (χ3n) is 2.42. The summed E-state index contributed by atoms with van der Waals surface area (Å²) in [7, 11) is 0. The fourth-order valence-corrected chi connectivity index (χ4v) is 1.73. The lowest BCUT2D eigenvalue weighted by molar-refractivity contribution is -0.137. The van der Waals surface area contributed by atoms with Crippen molar-refractivity contribution in [2.45, 2.75) is 6.18 Å². The number of anilines is 1. The molecule has 0 radical (unpaired) electrons. The number of benzene rings is 1. The molecule has 0 saturated carbocycles. The molecular formula is C13H8Cl2F3N3. The lowest BCUT2D eigenvalue weighted by Gasteiger charge is -2.07. The normalized spacial score (nSPS) is 11.9. The van der Waals surface area contributed by atoms with Crippen molar-refractivity contribution in [3.05, 3.63) is 57.8 Å². The maximum absolute atomic E-state index is 12.5. The number of pyridine rings is 1. The molecule has 0 aliphatic carbocycles. The Labute approximate surface area is 128 Å². The third-order valence-corrected chi connectivity index (χ3v) is 2.98. The van der Waals surface area contributed by atoms with E-state index in [0.717, 1.165) is 6.07 Å². The molecule has 0 atom stereocenters. The molecule has 110 valence electrons. The van der Waals surface area contributed by atoms with Crippen molar-refractivity contribution >= 4 is 35.1 Å². The number of nitrogens with one attached hydrogen (secondary N) is 1. The first kappa shape index (κ1) is 15.6. The Morgan fingerprint density at radius 1 is 1.14 bits per heavy atom. The molecule has 8 heteroatoms. The first-order chi connectivity index (χ1) is 9.86. The molecule has 3 nitrogen and oxygen atoms in total. The van der Waals surface area contributed by atoms with Gasteiger partial charge >= 0.3 is 6.18 Å². The number of hydrazone groups is 1. The van der Waals surface area contributed by atoms with Gasteiger partial charge < -0.3 is 0 Å². The molecule has 0 bridgehead atoms.